The first-order chi connectivity index (χ1) is 11.6. The van der Waals surface area contributed by atoms with Crippen molar-refractivity contribution in [1.29, 1.82) is 0 Å². The molecule has 0 spiro atoms. The van der Waals surface area contributed by atoms with Gasteiger partial charge in [0.2, 0.25) is 5.88 Å². The first-order valence-corrected chi connectivity index (χ1v) is 8.06. The standard InChI is InChI=1S/C15H18ClN5O3/c16-10-1-2-11-19-14(23)12(15(24)21(11)9-10)13(22)18-5-8-20-6-3-17-4-7-20/h1-2,9,17,23H,3-8H2,(H,18,22). The predicted octanol–water partition coefficient (Wildman–Crippen LogP) is -0.311. The van der Waals surface area contributed by atoms with Gasteiger partial charge in [-0.05, 0) is 12.1 Å². The zero-order chi connectivity index (χ0) is 17.1. The molecule has 1 fully saturated rings. The minimum absolute atomic E-state index is 0.222. The zero-order valence-corrected chi connectivity index (χ0v) is 13.7. The fraction of sp³-hybridized carbons (Fsp3) is 0.400. The van der Waals surface area contributed by atoms with Crippen molar-refractivity contribution in [3.05, 3.63) is 39.3 Å². The molecule has 0 radical (unpaired) electrons. The second-order valence-corrected chi connectivity index (χ2v) is 5.98. The van der Waals surface area contributed by atoms with Gasteiger partial charge in [0.15, 0.2) is 5.56 Å². The number of aromatic nitrogens is 2. The van der Waals surface area contributed by atoms with E-state index in [0.29, 0.717) is 18.1 Å². The van der Waals surface area contributed by atoms with Crippen molar-refractivity contribution < 1.29 is 9.90 Å². The molecule has 1 saturated heterocycles. The molecule has 0 aromatic carbocycles. The lowest BCUT2D eigenvalue weighted by Gasteiger charge is -2.27. The van der Waals surface area contributed by atoms with Gasteiger partial charge in [-0.15, -0.1) is 0 Å². The maximum atomic E-state index is 12.4. The lowest BCUT2D eigenvalue weighted by molar-refractivity contribution is 0.0942. The molecule has 3 rings (SSSR count). The van der Waals surface area contributed by atoms with Crippen molar-refractivity contribution in [2.24, 2.45) is 0 Å². The summed E-state index contributed by atoms with van der Waals surface area (Å²) >= 11 is 5.87. The topological polar surface area (TPSA) is 99.0 Å². The number of halogens is 1. The summed E-state index contributed by atoms with van der Waals surface area (Å²) in [6.07, 6.45) is 1.36. The van der Waals surface area contributed by atoms with E-state index >= 15 is 0 Å². The van der Waals surface area contributed by atoms with Crippen LogP contribution in [0.2, 0.25) is 5.02 Å². The third kappa shape index (κ3) is 3.50. The summed E-state index contributed by atoms with van der Waals surface area (Å²) in [4.78, 5) is 30.8. The second-order valence-electron chi connectivity index (χ2n) is 5.54. The number of aromatic hydroxyl groups is 1. The minimum Gasteiger partial charge on any atom is -0.493 e. The van der Waals surface area contributed by atoms with Crippen molar-refractivity contribution in [2.75, 3.05) is 39.3 Å². The molecule has 0 unspecified atom stereocenters. The highest BCUT2D eigenvalue weighted by atomic mass is 35.5. The summed E-state index contributed by atoms with van der Waals surface area (Å²) in [7, 11) is 0. The molecule has 3 N–H and O–H groups in total. The number of pyridine rings is 1. The molecule has 128 valence electrons. The van der Waals surface area contributed by atoms with Gasteiger partial charge in [-0.2, -0.15) is 4.98 Å². The Morgan fingerprint density at radius 3 is 2.88 bits per heavy atom. The maximum Gasteiger partial charge on any atom is 0.274 e. The van der Waals surface area contributed by atoms with Crippen LogP contribution in [0.5, 0.6) is 5.88 Å². The molecule has 2 aromatic heterocycles. The number of amides is 1. The number of carbonyl (C=O) groups excluding carboxylic acids is 1. The van der Waals surface area contributed by atoms with E-state index in [2.05, 4.69) is 20.5 Å². The van der Waals surface area contributed by atoms with E-state index in [1.54, 1.807) is 6.07 Å². The van der Waals surface area contributed by atoms with Gasteiger partial charge in [-0.1, -0.05) is 11.6 Å². The molecule has 0 saturated carbocycles. The van der Waals surface area contributed by atoms with Gasteiger partial charge in [0.05, 0.1) is 5.02 Å². The van der Waals surface area contributed by atoms with Gasteiger partial charge >= 0.3 is 0 Å². The summed E-state index contributed by atoms with van der Waals surface area (Å²) < 4.78 is 1.15. The highest BCUT2D eigenvalue weighted by Gasteiger charge is 2.20. The Kier molecular flexibility index (Phi) is 4.98. The van der Waals surface area contributed by atoms with Crippen LogP contribution >= 0.6 is 11.6 Å². The van der Waals surface area contributed by atoms with Crippen LogP contribution in [0.25, 0.3) is 5.65 Å². The van der Waals surface area contributed by atoms with Crippen LogP contribution in [-0.4, -0.2) is 64.6 Å². The van der Waals surface area contributed by atoms with Gasteiger partial charge in [0.25, 0.3) is 11.5 Å². The minimum atomic E-state index is -0.653. The largest absolute Gasteiger partial charge is 0.493 e. The number of hydrogen-bond donors (Lipinski definition) is 3. The van der Waals surface area contributed by atoms with E-state index in [0.717, 1.165) is 30.6 Å². The molecular weight excluding hydrogens is 334 g/mol. The van der Waals surface area contributed by atoms with E-state index in [4.69, 9.17) is 11.6 Å². The van der Waals surface area contributed by atoms with Crippen molar-refractivity contribution in [2.45, 2.75) is 0 Å². The molecule has 1 aliphatic rings. The van der Waals surface area contributed by atoms with Crippen molar-refractivity contribution >= 4 is 23.2 Å². The molecule has 24 heavy (non-hydrogen) atoms. The molecule has 0 aliphatic carbocycles. The SMILES string of the molecule is O=C(NCCN1CCNCC1)c1c(O)nc2ccc(Cl)cn2c1=O. The number of hydrogen-bond acceptors (Lipinski definition) is 6. The molecule has 1 amide bonds. The molecule has 9 heteroatoms. The van der Waals surface area contributed by atoms with E-state index in [1.165, 1.54) is 12.3 Å². The zero-order valence-electron chi connectivity index (χ0n) is 13.0. The number of nitrogens with zero attached hydrogens (tertiary/aromatic N) is 3. The van der Waals surface area contributed by atoms with Crippen LogP contribution in [0.1, 0.15) is 10.4 Å². The summed E-state index contributed by atoms with van der Waals surface area (Å²) in [6.45, 7) is 4.74. The molecule has 3 heterocycles. The fourth-order valence-electron chi connectivity index (χ4n) is 2.65. The number of rotatable bonds is 4. The third-order valence-corrected chi connectivity index (χ3v) is 4.14. The Labute approximate surface area is 143 Å². The first-order valence-electron chi connectivity index (χ1n) is 7.68. The highest BCUT2D eigenvalue weighted by molar-refractivity contribution is 6.30. The number of carbonyl (C=O) groups is 1. The van der Waals surface area contributed by atoms with Crippen LogP contribution in [0.15, 0.2) is 23.1 Å². The van der Waals surface area contributed by atoms with Gasteiger partial charge in [-0.3, -0.25) is 18.9 Å². The van der Waals surface area contributed by atoms with Crippen molar-refractivity contribution in [3.63, 3.8) is 0 Å². The molecule has 0 bridgehead atoms. The van der Waals surface area contributed by atoms with Crippen molar-refractivity contribution in [3.8, 4) is 5.88 Å². The number of fused-ring (bicyclic) bond motifs is 1. The first kappa shape index (κ1) is 16.7. The summed E-state index contributed by atoms with van der Waals surface area (Å²) in [5.41, 5.74) is -0.811. The Morgan fingerprint density at radius 2 is 2.12 bits per heavy atom. The van der Waals surface area contributed by atoms with Crippen LogP contribution < -0.4 is 16.2 Å². The predicted molar refractivity (Wildman–Crippen MR) is 89.8 cm³/mol. The molecule has 1 aliphatic heterocycles. The fourth-order valence-corrected chi connectivity index (χ4v) is 2.81. The van der Waals surface area contributed by atoms with Crippen molar-refractivity contribution in [1.82, 2.24) is 24.9 Å². The Morgan fingerprint density at radius 1 is 1.38 bits per heavy atom. The normalized spacial score (nSPS) is 15.5. The van der Waals surface area contributed by atoms with Gasteiger partial charge in [0.1, 0.15) is 5.65 Å². The van der Waals surface area contributed by atoms with Crippen LogP contribution in [0.4, 0.5) is 0 Å². The van der Waals surface area contributed by atoms with Gasteiger partial charge < -0.3 is 15.7 Å². The lowest BCUT2D eigenvalue weighted by Crippen LogP contribution is -2.46. The maximum absolute atomic E-state index is 12.4. The van der Waals surface area contributed by atoms with Crippen LogP contribution in [0, 0.1) is 0 Å². The lowest BCUT2D eigenvalue weighted by atomic mass is 10.2. The third-order valence-electron chi connectivity index (χ3n) is 3.92. The molecule has 8 nitrogen and oxygen atoms in total. The number of nitrogens with one attached hydrogen (secondary N) is 2. The molecule has 0 atom stereocenters. The Hall–Kier alpha value is -2.16. The average Bonchev–Trinajstić information content (AvgIpc) is 2.57. The quantitative estimate of drug-likeness (QED) is 0.699. The molecular formula is C15H18ClN5O3. The molecule has 2 aromatic rings. The summed E-state index contributed by atoms with van der Waals surface area (Å²) in [5, 5.41) is 16.2. The highest BCUT2D eigenvalue weighted by Crippen LogP contribution is 2.14. The van der Waals surface area contributed by atoms with Crippen LogP contribution in [-0.2, 0) is 0 Å². The number of piperazine rings is 1. The Balaban J connectivity index is 1.75. The van der Waals surface area contributed by atoms with Gasteiger partial charge in [-0.25, -0.2) is 0 Å². The van der Waals surface area contributed by atoms with Crippen LogP contribution in [0.3, 0.4) is 0 Å². The smallest absolute Gasteiger partial charge is 0.274 e. The average molecular weight is 352 g/mol. The van der Waals surface area contributed by atoms with E-state index < -0.39 is 17.3 Å². The van der Waals surface area contributed by atoms with Gasteiger partial charge in [0, 0.05) is 45.5 Å². The monoisotopic (exact) mass is 351 g/mol. The van der Waals surface area contributed by atoms with E-state index in [9.17, 15) is 14.7 Å². The summed E-state index contributed by atoms with van der Waals surface area (Å²) in [5.74, 6) is -1.23. The summed E-state index contributed by atoms with van der Waals surface area (Å²) in [6, 6.07) is 3.05. The Bertz CT molecular complexity index is 817. The van der Waals surface area contributed by atoms with E-state index in [-0.39, 0.29) is 11.2 Å². The second kappa shape index (κ2) is 7.16. The van der Waals surface area contributed by atoms with E-state index in [1.807, 2.05) is 0 Å².